The fraction of sp³-hybridized carbons (Fsp3) is 0.250. The molecule has 5 nitrogen and oxygen atoms in total. The van der Waals surface area contributed by atoms with Crippen LogP contribution in [0.3, 0.4) is 0 Å². The maximum absolute atomic E-state index is 13.6. The van der Waals surface area contributed by atoms with Crippen molar-refractivity contribution in [3.8, 4) is 11.4 Å². The van der Waals surface area contributed by atoms with E-state index in [1.165, 1.54) is 35.2 Å². The summed E-state index contributed by atoms with van der Waals surface area (Å²) in [6.07, 6.45) is -4.47. The summed E-state index contributed by atoms with van der Waals surface area (Å²) in [5, 5.41) is 3.76. The lowest BCUT2D eigenvalue weighted by molar-refractivity contribution is -0.139. The topological polar surface area (TPSA) is 59.2 Å². The van der Waals surface area contributed by atoms with Crippen LogP contribution in [0.25, 0.3) is 11.4 Å². The van der Waals surface area contributed by atoms with Crippen LogP contribution in [0.2, 0.25) is 5.02 Å². The monoisotopic (exact) mass is 439 g/mol. The number of hydrogen-bond acceptors (Lipinski definition) is 4. The molecule has 1 unspecified atom stereocenters. The van der Waals surface area contributed by atoms with Gasteiger partial charge in [-0.25, -0.2) is 4.39 Å². The van der Waals surface area contributed by atoms with Crippen molar-refractivity contribution in [3.63, 3.8) is 0 Å². The molecule has 2 heterocycles. The van der Waals surface area contributed by atoms with Crippen LogP contribution >= 0.6 is 11.6 Å². The Labute approximate surface area is 173 Å². The molecule has 0 spiro atoms. The Hall–Kier alpha value is -2.94. The quantitative estimate of drug-likeness (QED) is 0.533. The Morgan fingerprint density at radius 2 is 1.97 bits per heavy atom. The molecule has 0 saturated carbocycles. The third kappa shape index (κ3) is 4.02. The minimum atomic E-state index is -4.51. The highest BCUT2D eigenvalue weighted by Gasteiger charge is 2.37. The highest BCUT2D eigenvalue weighted by molar-refractivity contribution is 6.30. The summed E-state index contributed by atoms with van der Waals surface area (Å²) < 4.78 is 58.5. The van der Waals surface area contributed by atoms with Gasteiger partial charge in [0, 0.05) is 25.1 Å². The van der Waals surface area contributed by atoms with Crippen molar-refractivity contribution in [1.29, 1.82) is 0 Å². The van der Waals surface area contributed by atoms with Crippen molar-refractivity contribution < 1.29 is 26.9 Å². The van der Waals surface area contributed by atoms with Crippen molar-refractivity contribution >= 4 is 17.5 Å². The van der Waals surface area contributed by atoms with Crippen LogP contribution in [0.1, 0.15) is 29.4 Å². The first kappa shape index (κ1) is 20.3. The minimum Gasteiger partial charge on any atom is -0.339 e. The lowest BCUT2D eigenvalue weighted by atomic mass is 10.1. The molecule has 2 aromatic carbocycles. The fourth-order valence-corrected chi connectivity index (χ4v) is 3.50. The van der Waals surface area contributed by atoms with Crippen LogP contribution in [0.15, 0.2) is 47.0 Å². The number of nitrogens with zero attached hydrogens (tertiary/aromatic N) is 3. The normalized spacial score (nSPS) is 17.0. The second kappa shape index (κ2) is 7.71. The predicted molar refractivity (Wildman–Crippen MR) is 98.9 cm³/mol. The molecule has 30 heavy (non-hydrogen) atoms. The SMILES string of the molecule is O=C1CC(c2nc(-c3ccc(Cl)c(F)c3)no2)CN1Cc1ccccc1C(F)(F)F. The molecular weight excluding hydrogens is 426 g/mol. The minimum absolute atomic E-state index is 0.0156. The van der Waals surface area contributed by atoms with Gasteiger partial charge in [0.25, 0.3) is 0 Å². The Kier molecular flexibility index (Phi) is 5.23. The van der Waals surface area contributed by atoms with Crippen LogP contribution < -0.4 is 0 Å². The molecule has 1 fully saturated rings. The summed E-state index contributed by atoms with van der Waals surface area (Å²) >= 11 is 5.66. The summed E-state index contributed by atoms with van der Waals surface area (Å²) in [5.74, 6) is -1.11. The van der Waals surface area contributed by atoms with E-state index < -0.39 is 23.5 Å². The smallest absolute Gasteiger partial charge is 0.339 e. The molecule has 0 radical (unpaired) electrons. The Bertz CT molecular complexity index is 1100. The maximum atomic E-state index is 13.6. The molecule has 1 amide bonds. The van der Waals surface area contributed by atoms with Crippen LogP contribution in [0.4, 0.5) is 17.6 Å². The van der Waals surface area contributed by atoms with Gasteiger partial charge in [-0.2, -0.15) is 18.2 Å². The molecule has 0 aliphatic carbocycles. The van der Waals surface area contributed by atoms with Crippen molar-refractivity contribution in [1.82, 2.24) is 15.0 Å². The lowest BCUT2D eigenvalue weighted by Gasteiger charge is -2.19. The molecule has 156 valence electrons. The van der Waals surface area contributed by atoms with Crippen LogP contribution in [0, 0.1) is 5.82 Å². The summed E-state index contributed by atoms with van der Waals surface area (Å²) in [5.41, 5.74) is -0.403. The van der Waals surface area contributed by atoms with Gasteiger partial charge < -0.3 is 9.42 Å². The highest BCUT2D eigenvalue weighted by atomic mass is 35.5. The van der Waals surface area contributed by atoms with Crippen LogP contribution in [-0.4, -0.2) is 27.5 Å². The number of carbonyl (C=O) groups is 1. The molecule has 0 bridgehead atoms. The Morgan fingerprint density at radius 1 is 1.20 bits per heavy atom. The molecule has 3 aromatic rings. The summed E-state index contributed by atoms with van der Waals surface area (Å²) in [7, 11) is 0. The molecular formula is C20H14ClF4N3O2. The van der Waals surface area contributed by atoms with E-state index in [1.807, 2.05) is 0 Å². The van der Waals surface area contributed by atoms with Gasteiger partial charge in [0.05, 0.1) is 16.5 Å². The second-order valence-electron chi connectivity index (χ2n) is 6.92. The van der Waals surface area contributed by atoms with Crippen molar-refractivity contribution in [3.05, 3.63) is 70.3 Å². The average molecular weight is 440 g/mol. The zero-order valence-corrected chi connectivity index (χ0v) is 16.0. The van der Waals surface area contributed by atoms with E-state index >= 15 is 0 Å². The predicted octanol–water partition coefficient (Wildman–Crippen LogP) is 5.06. The first-order valence-corrected chi connectivity index (χ1v) is 9.32. The van der Waals surface area contributed by atoms with E-state index in [2.05, 4.69) is 10.1 Å². The third-order valence-electron chi connectivity index (χ3n) is 4.87. The number of carbonyl (C=O) groups excluding carboxylic acids is 1. The number of hydrogen-bond donors (Lipinski definition) is 0. The number of alkyl halides is 3. The van der Waals surface area contributed by atoms with Gasteiger partial charge in [-0.15, -0.1) is 0 Å². The van der Waals surface area contributed by atoms with Crippen LogP contribution in [-0.2, 0) is 17.5 Å². The molecule has 1 saturated heterocycles. The summed E-state index contributed by atoms with van der Waals surface area (Å²) in [4.78, 5) is 17.9. The second-order valence-corrected chi connectivity index (χ2v) is 7.32. The van der Waals surface area contributed by atoms with E-state index in [4.69, 9.17) is 16.1 Å². The zero-order chi connectivity index (χ0) is 21.5. The largest absolute Gasteiger partial charge is 0.416 e. The maximum Gasteiger partial charge on any atom is 0.416 e. The van der Waals surface area contributed by atoms with E-state index in [9.17, 15) is 22.4 Å². The van der Waals surface area contributed by atoms with Gasteiger partial charge in [0.2, 0.25) is 17.6 Å². The highest BCUT2D eigenvalue weighted by Crippen LogP contribution is 2.35. The Balaban J connectivity index is 1.51. The summed E-state index contributed by atoms with van der Waals surface area (Å²) in [6, 6.07) is 9.20. The Morgan fingerprint density at radius 3 is 2.70 bits per heavy atom. The first-order chi connectivity index (χ1) is 14.2. The molecule has 1 aliphatic rings. The van der Waals surface area contributed by atoms with Crippen LogP contribution in [0.5, 0.6) is 0 Å². The number of likely N-dealkylation sites (tertiary alicyclic amines) is 1. The van der Waals surface area contributed by atoms with E-state index in [1.54, 1.807) is 0 Å². The molecule has 4 rings (SSSR count). The van der Waals surface area contributed by atoms with E-state index in [-0.39, 0.29) is 47.7 Å². The number of aromatic nitrogens is 2. The molecule has 1 atom stereocenters. The van der Waals surface area contributed by atoms with Gasteiger partial charge in [0.15, 0.2) is 0 Å². The van der Waals surface area contributed by atoms with E-state index in [0.29, 0.717) is 5.56 Å². The number of amides is 1. The van der Waals surface area contributed by atoms with Gasteiger partial charge in [-0.1, -0.05) is 35.0 Å². The summed E-state index contributed by atoms with van der Waals surface area (Å²) in [6.45, 7) is -0.0317. The van der Waals surface area contributed by atoms with Gasteiger partial charge >= 0.3 is 6.18 Å². The molecule has 10 heteroatoms. The van der Waals surface area contributed by atoms with Crippen molar-refractivity contribution in [2.24, 2.45) is 0 Å². The van der Waals surface area contributed by atoms with Gasteiger partial charge in [-0.05, 0) is 29.8 Å². The average Bonchev–Trinajstić information content (AvgIpc) is 3.31. The lowest BCUT2D eigenvalue weighted by Crippen LogP contribution is -2.26. The molecule has 0 N–H and O–H groups in total. The zero-order valence-electron chi connectivity index (χ0n) is 15.3. The van der Waals surface area contributed by atoms with Gasteiger partial charge in [0.1, 0.15) is 5.82 Å². The number of benzene rings is 2. The fourth-order valence-electron chi connectivity index (χ4n) is 3.38. The molecule has 1 aliphatic heterocycles. The third-order valence-corrected chi connectivity index (χ3v) is 5.17. The van der Waals surface area contributed by atoms with Crippen molar-refractivity contribution in [2.45, 2.75) is 25.1 Å². The van der Waals surface area contributed by atoms with Crippen molar-refractivity contribution in [2.75, 3.05) is 6.54 Å². The molecule has 1 aromatic heterocycles. The standard InChI is InChI=1S/C20H14ClF4N3O2/c21-15-6-5-11(7-16(15)22)18-26-19(30-27-18)13-8-17(29)28(10-13)9-12-3-1-2-4-14(12)20(23,24)25/h1-7,13H,8-10H2. The van der Waals surface area contributed by atoms with E-state index in [0.717, 1.165) is 12.1 Å². The number of halogens is 5. The first-order valence-electron chi connectivity index (χ1n) is 8.94. The van der Waals surface area contributed by atoms with Gasteiger partial charge in [-0.3, -0.25) is 4.79 Å². The number of rotatable bonds is 4.